The van der Waals surface area contributed by atoms with Crippen molar-refractivity contribution in [2.45, 2.75) is 25.8 Å². The second-order valence-corrected chi connectivity index (χ2v) is 4.44. The maximum absolute atomic E-state index is 6.04. The predicted octanol–water partition coefficient (Wildman–Crippen LogP) is 2.11. The van der Waals surface area contributed by atoms with Crippen molar-refractivity contribution >= 4 is 0 Å². The van der Waals surface area contributed by atoms with Crippen LogP contribution in [0.2, 0.25) is 0 Å². The van der Waals surface area contributed by atoms with Crippen LogP contribution in [0.4, 0.5) is 0 Å². The smallest absolute Gasteiger partial charge is 0.119 e. The van der Waals surface area contributed by atoms with Gasteiger partial charge in [-0.2, -0.15) is 0 Å². The summed E-state index contributed by atoms with van der Waals surface area (Å²) in [4.78, 5) is 0. The number of benzene rings is 1. The maximum Gasteiger partial charge on any atom is 0.119 e. The number of aryl methyl sites for hydroxylation is 1. The fourth-order valence-electron chi connectivity index (χ4n) is 1.56. The van der Waals surface area contributed by atoms with Crippen LogP contribution < -0.4 is 10.5 Å². The molecule has 2 N–H and O–H groups in total. The normalized spacial score (nSPS) is 30.1. The molecule has 0 spiro atoms. The molecule has 76 valence electrons. The van der Waals surface area contributed by atoms with E-state index in [2.05, 4.69) is 26.0 Å². The molecule has 0 radical (unpaired) electrons. The lowest BCUT2D eigenvalue weighted by molar-refractivity contribution is 0.271. The standard InChI is InChI=1S/C12H17NO/c1-9-3-5-11(6-4-9)14-8-12(13)7-10(12)2/h3-6,10H,7-8,13H2,1-2H3. The Kier molecular flexibility index (Phi) is 2.23. The van der Waals surface area contributed by atoms with Gasteiger partial charge in [-0.3, -0.25) is 0 Å². The van der Waals surface area contributed by atoms with Gasteiger partial charge in [0.2, 0.25) is 0 Å². The molecule has 1 saturated carbocycles. The predicted molar refractivity (Wildman–Crippen MR) is 57.4 cm³/mol. The van der Waals surface area contributed by atoms with Crippen molar-refractivity contribution in [3.05, 3.63) is 29.8 Å². The van der Waals surface area contributed by atoms with Crippen molar-refractivity contribution in [1.82, 2.24) is 0 Å². The van der Waals surface area contributed by atoms with Gasteiger partial charge < -0.3 is 10.5 Å². The molecular formula is C12H17NO. The van der Waals surface area contributed by atoms with Gasteiger partial charge in [-0.05, 0) is 31.4 Å². The molecule has 2 rings (SSSR count). The van der Waals surface area contributed by atoms with E-state index in [1.807, 2.05) is 12.1 Å². The van der Waals surface area contributed by atoms with Gasteiger partial charge in [0.25, 0.3) is 0 Å². The van der Waals surface area contributed by atoms with Gasteiger partial charge >= 0.3 is 0 Å². The lowest BCUT2D eigenvalue weighted by Crippen LogP contribution is -2.32. The molecule has 1 aromatic rings. The Hall–Kier alpha value is -1.02. The number of ether oxygens (including phenoxy) is 1. The highest BCUT2D eigenvalue weighted by Gasteiger charge is 2.48. The summed E-state index contributed by atoms with van der Waals surface area (Å²) in [6, 6.07) is 8.08. The second kappa shape index (κ2) is 3.28. The van der Waals surface area contributed by atoms with E-state index in [9.17, 15) is 0 Å². The molecule has 1 aromatic carbocycles. The number of nitrogens with two attached hydrogens (primary N) is 1. The monoisotopic (exact) mass is 191 g/mol. The molecule has 2 nitrogen and oxygen atoms in total. The van der Waals surface area contributed by atoms with Gasteiger partial charge in [-0.1, -0.05) is 24.6 Å². The molecule has 14 heavy (non-hydrogen) atoms. The fourth-order valence-corrected chi connectivity index (χ4v) is 1.56. The fraction of sp³-hybridized carbons (Fsp3) is 0.500. The highest BCUT2D eigenvalue weighted by molar-refractivity contribution is 5.26. The lowest BCUT2D eigenvalue weighted by Gasteiger charge is -2.12. The van der Waals surface area contributed by atoms with Crippen LogP contribution in [-0.4, -0.2) is 12.1 Å². The van der Waals surface area contributed by atoms with Gasteiger partial charge in [0.15, 0.2) is 0 Å². The van der Waals surface area contributed by atoms with Gasteiger partial charge in [-0.15, -0.1) is 0 Å². The van der Waals surface area contributed by atoms with Crippen LogP contribution in [0.25, 0.3) is 0 Å². The van der Waals surface area contributed by atoms with Crippen molar-refractivity contribution in [2.24, 2.45) is 11.7 Å². The van der Waals surface area contributed by atoms with Crippen molar-refractivity contribution in [3.63, 3.8) is 0 Å². The third-order valence-electron chi connectivity index (χ3n) is 3.04. The summed E-state index contributed by atoms with van der Waals surface area (Å²) in [5.74, 6) is 1.52. The van der Waals surface area contributed by atoms with Gasteiger partial charge in [0.05, 0.1) is 5.54 Å². The Morgan fingerprint density at radius 2 is 2.00 bits per heavy atom. The third-order valence-corrected chi connectivity index (χ3v) is 3.04. The van der Waals surface area contributed by atoms with Gasteiger partial charge in [0.1, 0.15) is 12.4 Å². The number of hydrogen-bond donors (Lipinski definition) is 1. The van der Waals surface area contributed by atoms with Crippen molar-refractivity contribution in [2.75, 3.05) is 6.61 Å². The summed E-state index contributed by atoms with van der Waals surface area (Å²) in [7, 11) is 0. The van der Waals surface area contributed by atoms with Crippen LogP contribution in [-0.2, 0) is 0 Å². The molecule has 1 fully saturated rings. The molecule has 0 aliphatic heterocycles. The lowest BCUT2D eigenvalue weighted by atomic mass is 10.2. The van der Waals surface area contributed by atoms with E-state index < -0.39 is 0 Å². The molecule has 0 bridgehead atoms. The quantitative estimate of drug-likeness (QED) is 0.794. The van der Waals surface area contributed by atoms with E-state index in [1.165, 1.54) is 5.56 Å². The topological polar surface area (TPSA) is 35.2 Å². The van der Waals surface area contributed by atoms with Gasteiger partial charge in [0, 0.05) is 0 Å². The average Bonchev–Trinajstić information content (AvgIpc) is 2.74. The molecule has 0 heterocycles. The first kappa shape index (κ1) is 9.53. The molecular weight excluding hydrogens is 174 g/mol. The van der Waals surface area contributed by atoms with Gasteiger partial charge in [-0.25, -0.2) is 0 Å². The first-order valence-electron chi connectivity index (χ1n) is 5.08. The summed E-state index contributed by atoms with van der Waals surface area (Å²) in [5.41, 5.74) is 7.23. The van der Waals surface area contributed by atoms with Crippen LogP contribution in [0.15, 0.2) is 24.3 Å². The van der Waals surface area contributed by atoms with Crippen LogP contribution in [0.1, 0.15) is 18.9 Å². The molecule has 2 atom stereocenters. The Labute approximate surface area is 85.1 Å². The summed E-state index contributed by atoms with van der Waals surface area (Å²) in [5, 5.41) is 0. The van der Waals surface area contributed by atoms with E-state index in [-0.39, 0.29) is 5.54 Å². The highest BCUT2D eigenvalue weighted by atomic mass is 16.5. The summed E-state index contributed by atoms with van der Waals surface area (Å²) < 4.78 is 5.63. The second-order valence-electron chi connectivity index (χ2n) is 4.44. The Morgan fingerprint density at radius 3 is 2.50 bits per heavy atom. The van der Waals surface area contributed by atoms with Crippen LogP contribution in [0.5, 0.6) is 5.75 Å². The molecule has 1 aliphatic carbocycles. The number of hydrogen-bond acceptors (Lipinski definition) is 2. The van der Waals surface area contributed by atoms with E-state index in [1.54, 1.807) is 0 Å². The minimum atomic E-state index is -0.0646. The maximum atomic E-state index is 6.04. The van der Waals surface area contributed by atoms with Crippen LogP contribution in [0.3, 0.4) is 0 Å². The first-order chi connectivity index (χ1) is 6.60. The van der Waals surface area contributed by atoms with Crippen LogP contribution in [0, 0.1) is 12.8 Å². The van der Waals surface area contributed by atoms with Crippen molar-refractivity contribution < 1.29 is 4.74 Å². The zero-order valence-corrected chi connectivity index (χ0v) is 8.79. The third kappa shape index (κ3) is 1.90. The molecule has 0 amide bonds. The molecule has 1 aliphatic rings. The van der Waals surface area contributed by atoms with E-state index in [0.29, 0.717) is 12.5 Å². The summed E-state index contributed by atoms with van der Waals surface area (Å²) in [6.45, 7) is 4.87. The van der Waals surface area contributed by atoms with E-state index in [0.717, 1.165) is 12.2 Å². The minimum absolute atomic E-state index is 0.0646. The zero-order valence-electron chi connectivity index (χ0n) is 8.79. The van der Waals surface area contributed by atoms with E-state index >= 15 is 0 Å². The first-order valence-corrected chi connectivity index (χ1v) is 5.08. The number of rotatable bonds is 3. The molecule has 0 aromatic heterocycles. The Balaban J connectivity index is 1.89. The Morgan fingerprint density at radius 1 is 1.43 bits per heavy atom. The largest absolute Gasteiger partial charge is 0.492 e. The van der Waals surface area contributed by atoms with Crippen molar-refractivity contribution in [3.8, 4) is 5.75 Å². The van der Waals surface area contributed by atoms with E-state index in [4.69, 9.17) is 10.5 Å². The van der Waals surface area contributed by atoms with Crippen LogP contribution >= 0.6 is 0 Å². The van der Waals surface area contributed by atoms with Crippen molar-refractivity contribution in [1.29, 1.82) is 0 Å². The Bertz CT molecular complexity index is 320. The minimum Gasteiger partial charge on any atom is -0.492 e. The molecule has 0 saturated heterocycles. The summed E-state index contributed by atoms with van der Waals surface area (Å²) in [6.07, 6.45) is 1.08. The summed E-state index contributed by atoms with van der Waals surface area (Å²) >= 11 is 0. The zero-order chi connectivity index (χ0) is 10.2. The highest BCUT2D eigenvalue weighted by Crippen LogP contribution is 2.40. The average molecular weight is 191 g/mol. The SMILES string of the molecule is Cc1ccc(OCC2(N)CC2C)cc1. The molecule has 2 unspecified atom stereocenters. The molecule has 2 heteroatoms.